The summed E-state index contributed by atoms with van der Waals surface area (Å²) in [5, 5.41) is 12.6. The fourth-order valence-electron chi connectivity index (χ4n) is 3.69. The maximum absolute atomic E-state index is 11.4. The second-order valence-corrected chi connectivity index (χ2v) is 5.68. The lowest BCUT2D eigenvalue weighted by Crippen LogP contribution is -2.63. The fourth-order valence-corrected chi connectivity index (χ4v) is 3.69. The van der Waals surface area contributed by atoms with Crippen LogP contribution in [0.15, 0.2) is 0 Å². The van der Waals surface area contributed by atoms with E-state index < -0.39 is 6.09 Å². The van der Waals surface area contributed by atoms with Crippen LogP contribution in [-0.4, -0.2) is 65.3 Å². The Bertz CT molecular complexity index is 305. The van der Waals surface area contributed by atoms with Gasteiger partial charge in [0.25, 0.3) is 0 Å². The van der Waals surface area contributed by atoms with Crippen LogP contribution in [0, 0.1) is 0 Å². The Morgan fingerprint density at radius 3 is 2.24 bits per heavy atom. The molecular weight excluding hydrogens is 218 g/mol. The summed E-state index contributed by atoms with van der Waals surface area (Å²) in [6.45, 7) is 1.65. The number of fused-ring (bicyclic) bond motifs is 2. The average molecular weight is 239 g/mol. The van der Waals surface area contributed by atoms with E-state index in [-0.39, 0.29) is 12.1 Å². The molecule has 3 fully saturated rings. The summed E-state index contributed by atoms with van der Waals surface area (Å²) >= 11 is 0. The van der Waals surface area contributed by atoms with Gasteiger partial charge in [-0.05, 0) is 32.7 Å². The molecule has 0 aliphatic carbocycles. The third-order valence-corrected chi connectivity index (χ3v) is 4.84. The monoisotopic (exact) mass is 239 g/mol. The Labute approximate surface area is 102 Å². The molecular formula is C12H21N3O2. The molecule has 0 saturated carbocycles. The molecule has 0 aromatic heterocycles. The van der Waals surface area contributed by atoms with Crippen LogP contribution in [0.4, 0.5) is 4.79 Å². The van der Waals surface area contributed by atoms with E-state index in [1.54, 1.807) is 4.90 Å². The van der Waals surface area contributed by atoms with Crippen molar-refractivity contribution in [3.8, 4) is 0 Å². The minimum atomic E-state index is -0.731. The van der Waals surface area contributed by atoms with Crippen molar-refractivity contribution in [2.24, 2.45) is 0 Å². The molecule has 2 N–H and O–H groups in total. The third-order valence-electron chi connectivity index (χ3n) is 4.84. The second kappa shape index (κ2) is 4.14. The number of carbonyl (C=O) groups is 1. The summed E-state index contributed by atoms with van der Waals surface area (Å²) in [6, 6.07) is 1.66. The van der Waals surface area contributed by atoms with E-state index in [1.807, 2.05) is 0 Å². The summed E-state index contributed by atoms with van der Waals surface area (Å²) < 4.78 is 0. The standard InChI is InChI=1S/C12H21N3O2/c1-14-8-2-3-9(14)5-10(4-8)15(12(16)17)11-6-13-7-11/h8-11,13H,2-7H2,1H3,(H,16,17). The van der Waals surface area contributed by atoms with Gasteiger partial charge in [-0.1, -0.05) is 0 Å². The quantitative estimate of drug-likeness (QED) is 0.739. The molecule has 5 heteroatoms. The third kappa shape index (κ3) is 1.81. The van der Waals surface area contributed by atoms with E-state index in [1.165, 1.54) is 12.8 Å². The van der Waals surface area contributed by atoms with Crippen molar-refractivity contribution in [1.82, 2.24) is 15.1 Å². The van der Waals surface area contributed by atoms with Crippen LogP contribution in [0.2, 0.25) is 0 Å². The predicted octanol–water partition coefficient (Wildman–Crippen LogP) is 0.563. The zero-order chi connectivity index (χ0) is 12.0. The molecule has 3 saturated heterocycles. The molecule has 2 bridgehead atoms. The fraction of sp³-hybridized carbons (Fsp3) is 0.917. The Kier molecular flexibility index (Phi) is 2.75. The van der Waals surface area contributed by atoms with Gasteiger partial charge in [0.15, 0.2) is 0 Å². The van der Waals surface area contributed by atoms with Crippen molar-refractivity contribution in [3.05, 3.63) is 0 Å². The van der Waals surface area contributed by atoms with E-state index in [0.29, 0.717) is 12.1 Å². The number of piperidine rings is 1. The molecule has 5 nitrogen and oxygen atoms in total. The summed E-state index contributed by atoms with van der Waals surface area (Å²) in [4.78, 5) is 15.6. The van der Waals surface area contributed by atoms with Gasteiger partial charge in [-0.25, -0.2) is 4.79 Å². The van der Waals surface area contributed by atoms with E-state index in [2.05, 4.69) is 17.3 Å². The normalized spacial score (nSPS) is 37.8. The molecule has 96 valence electrons. The van der Waals surface area contributed by atoms with Gasteiger partial charge in [-0.2, -0.15) is 0 Å². The van der Waals surface area contributed by atoms with E-state index in [0.717, 1.165) is 25.9 Å². The van der Waals surface area contributed by atoms with Gasteiger partial charge < -0.3 is 15.3 Å². The molecule has 3 rings (SSSR count). The number of hydrogen-bond acceptors (Lipinski definition) is 3. The lowest BCUT2D eigenvalue weighted by Gasteiger charge is -2.46. The highest BCUT2D eigenvalue weighted by atomic mass is 16.4. The van der Waals surface area contributed by atoms with E-state index in [9.17, 15) is 9.90 Å². The summed E-state index contributed by atoms with van der Waals surface area (Å²) in [7, 11) is 2.19. The molecule has 0 aromatic carbocycles. The molecule has 3 aliphatic heterocycles. The first-order chi connectivity index (χ1) is 8.16. The molecule has 17 heavy (non-hydrogen) atoms. The molecule has 0 radical (unpaired) electrons. The lowest BCUT2D eigenvalue weighted by atomic mass is 9.94. The summed E-state index contributed by atoms with van der Waals surface area (Å²) in [5.74, 6) is 0. The van der Waals surface area contributed by atoms with Gasteiger partial charge in [0.05, 0.1) is 6.04 Å². The minimum Gasteiger partial charge on any atom is -0.465 e. The van der Waals surface area contributed by atoms with Crippen LogP contribution in [-0.2, 0) is 0 Å². The SMILES string of the molecule is CN1C2CCC1CC(N(C(=O)O)C1CNC1)C2. The first-order valence-corrected chi connectivity index (χ1v) is 6.60. The highest BCUT2D eigenvalue weighted by molar-refractivity contribution is 5.66. The van der Waals surface area contributed by atoms with Crippen LogP contribution < -0.4 is 5.32 Å². The largest absolute Gasteiger partial charge is 0.465 e. The number of carboxylic acid groups (broad SMARTS) is 1. The van der Waals surface area contributed by atoms with Crippen molar-refractivity contribution in [1.29, 1.82) is 0 Å². The molecule has 0 spiro atoms. The number of hydrogen-bond donors (Lipinski definition) is 2. The van der Waals surface area contributed by atoms with Gasteiger partial charge in [0.2, 0.25) is 0 Å². The summed E-state index contributed by atoms with van der Waals surface area (Å²) in [5.41, 5.74) is 0. The van der Waals surface area contributed by atoms with Crippen molar-refractivity contribution in [3.63, 3.8) is 0 Å². The van der Waals surface area contributed by atoms with Crippen LogP contribution in [0.1, 0.15) is 25.7 Å². The lowest BCUT2D eigenvalue weighted by molar-refractivity contribution is 0.0347. The number of nitrogens with zero attached hydrogens (tertiary/aromatic N) is 2. The maximum Gasteiger partial charge on any atom is 0.407 e. The average Bonchev–Trinajstić information content (AvgIpc) is 2.48. The zero-order valence-electron chi connectivity index (χ0n) is 10.3. The van der Waals surface area contributed by atoms with Gasteiger partial charge in [0, 0.05) is 31.2 Å². The maximum atomic E-state index is 11.4. The van der Waals surface area contributed by atoms with Gasteiger partial charge in [0.1, 0.15) is 0 Å². The molecule has 2 unspecified atom stereocenters. The van der Waals surface area contributed by atoms with Crippen molar-refractivity contribution in [2.45, 2.75) is 49.9 Å². The van der Waals surface area contributed by atoms with Crippen LogP contribution in [0.3, 0.4) is 0 Å². The van der Waals surface area contributed by atoms with Crippen molar-refractivity contribution in [2.75, 3.05) is 20.1 Å². The number of nitrogens with one attached hydrogen (secondary N) is 1. The highest BCUT2D eigenvalue weighted by Crippen LogP contribution is 2.37. The molecule has 0 aromatic rings. The molecule has 1 amide bonds. The number of amides is 1. The predicted molar refractivity (Wildman–Crippen MR) is 64.1 cm³/mol. The molecule has 2 atom stereocenters. The Hall–Kier alpha value is -0.810. The van der Waals surface area contributed by atoms with Crippen LogP contribution in [0.5, 0.6) is 0 Å². The van der Waals surface area contributed by atoms with Gasteiger partial charge in [-0.15, -0.1) is 0 Å². The number of rotatable bonds is 2. The Morgan fingerprint density at radius 1 is 1.24 bits per heavy atom. The Balaban J connectivity index is 1.72. The summed E-state index contributed by atoms with van der Waals surface area (Å²) in [6.07, 6.45) is 3.80. The van der Waals surface area contributed by atoms with E-state index in [4.69, 9.17) is 0 Å². The molecule has 3 aliphatic rings. The molecule has 3 heterocycles. The zero-order valence-corrected chi connectivity index (χ0v) is 10.3. The smallest absolute Gasteiger partial charge is 0.407 e. The first-order valence-electron chi connectivity index (χ1n) is 6.60. The van der Waals surface area contributed by atoms with Crippen LogP contribution in [0.25, 0.3) is 0 Å². The van der Waals surface area contributed by atoms with Crippen molar-refractivity contribution >= 4 is 6.09 Å². The van der Waals surface area contributed by atoms with Crippen molar-refractivity contribution < 1.29 is 9.90 Å². The van der Waals surface area contributed by atoms with Gasteiger partial charge in [-0.3, -0.25) is 4.90 Å². The topological polar surface area (TPSA) is 55.8 Å². The first kappa shape index (κ1) is 11.3. The minimum absolute atomic E-state index is 0.209. The van der Waals surface area contributed by atoms with Gasteiger partial charge >= 0.3 is 6.09 Å². The second-order valence-electron chi connectivity index (χ2n) is 5.68. The van der Waals surface area contributed by atoms with Crippen LogP contribution >= 0.6 is 0 Å². The highest BCUT2D eigenvalue weighted by Gasteiger charge is 2.44. The van der Waals surface area contributed by atoms with E-state index >= 15 is 0 Å². The Morgan fingerprint density at radius 2 is 1.82 bits per heavy atom.